The quantitative estimate of drug-likeness (QED) is 0.885. The highest BCUT2D eigenvalue weighted by Gasteiger charge is 2.04. The molecule has 2 rings (SSSR count). The topological polar surface area (TPSA) is 83.8 Å². The molecular formula is C15H22O5. The summed E-state index contributed by atoms with van der Waals surface area (Å²) in [5.74, 6) is -2.13. The summed E-state index contributed by atoms with van der Waals surface area (Å²) in [6, 6.07) is 5.02. The minimum Gasteiger partial charge on any atom is -0.478 e. The van der Waals surface area contributed by atoms with Crippen LogP contribution in [0.15, 0.2) is 24.3 Å². The normalized spacial score (nSPS) is 11.3. The predicted molar refractivity (Wildman–Crippen MR) is 76.4 cm³/mol. The third kappa shape index (κ3) is 10.1. The first-order chi connectivity index (χ1) is 9.52. The minimum absolute atomic E-state index is 0.0833. The van der Waals surface area contributed by atoms with Crippen molar-refractivity contribution in [1.82, 2.24) is 0 Å². The summed E-state index contributed by atoms with van der Waals surface area (Å²) in [5.41, 5.74) is 0.167. The molecule has 0 bridgehead atoms. The standard InChI is InChI=1S/C8H6O4.C4H10O.C3H6/c9-7(10)5-1-2-6(4-3-5)8(11)12;1-3-5-4-2;1-2-3-1/h1-4H,(H,9,10)(H,11,12);3-4H2,1-2H3;1-3H2. The van der Waals surface area contributed by atoms with E-state index in [1.54, 1.807) is 0 Å². The summed E-state index contributed by atoms with van der Waals surface area (Å²) < 4.78 is 4.83. The molecule has 0 saturated heterocycles. The molecule has 112 valence electrons. The zero-order valence-electron chi connectivity index (χ0n) is 12.0. The summed E-state index contributed by atoms with van der Waals surface area (Å²) in [6.07, 6.45) is 4.50. The van der Waals surface area contributed by atoms with Crippen molar-refractivity contribution in [2.24, 2.45) is 0 Å². The second-order valence-corrected chi connectivity index (χ2v) is 4.03. The molecule has 0 amide bonds. The van der Waals surface area contributed by atoms with Crippen molar-refractivity contribution in [2.45, 2.75) is 33.1 Å². The van der Waals surface area contributed by atoms with Crippen molar-refractivity contribution < 1.29 is 24.5 Å². The third-order valence-electron chi connectivity index (χ3n) is 2.14. The lowest BCUT2D eigenvalue weighted by Gasteiger charge is -1.94. The van der Waals surface area contributed by atoms with E-state index in [-0.39, 0.29) is 11.1 Å². The monoisotopic (exact) mass is 282 g/mol. The maximum absolute atomic E-state index is 10.3. The Balaban J connectivity index is 0.000000369. The highest BCUT2D eigenvalue weighted by Crippen LogP contribution is 2.14. The van der Waals surface area contributed by atoms with Crippen LogP contribution in [0.4, 0.5) is 0 Å². The fourth-order valence-electron chi connectivity index (χ4n) is 0.960. The third-order valence-corrected chi connectivity index (χ3v) is 2.14. The summed E-state index contributed by atoms with van der Waals surface area (Å²) in [5, 5.41) is 16.9. The number of benzene rings is 1. The predicted octanol–water partition coefficient (Wildman–Crippen LogP) is 3.30. The molecule has 1 aliphatic rings. The van der Waals surface area contributed by atoms with Crippen LogP contribution in [0.3, 0.4) is 0 Å². The van der Waals surface area contributed by atoms with Crippen LogP contribution < -0.4 is 0 Å². The van der Waals surface area contributed by atoms with Gasteiger partial charge in [-0.1, -0.05) is 19.3 Å². The summed E-state index contributed by atoms with van der Waals surface area (Å²) in [7, 11) is 0. The number of rotatable bonds is 4. The van der Waals surface area contributed by atoms with Gasteiger partial charge in [-0.25, -0.2) is 9.59 Å². The molecule has 1 aliphatic carbocycles. The van der Waals surface area contributed by atoms with E-state index in [0.717, 1.165) is 13.2 Å². The van der Waals surface area contributed by atoms with Gasteiger partial charge in [0.15, 0.2) is 0 Å². The van der Waals surface area contributed by atoms with Gasteiger partial charge in [-0.05, 0) is 38.1 Å². The van der Waals surface area contributed by atoms with Crippen LogP contribution >= 0.6 is 0 Å². The molecule has 1 aromatic rings. The molecule has 0 atom stereocenters. The molecule has 2 N–H and O–H groups in total. The molecule has 0 unspecified atom stereocenters. The first-order valence-corrected chi connectivity index (χ1v) is 6.67. The van der Waals surface area contributed by atoms with E-state index < -0.39 is 11.9 Å². The van der Waals surface area contributed by atoms with E-state index in [0.29, 0.717) is 0 Å². The Labute approximate surface area is 119 Å². The van der Waals surface area contributed by atoms with E-state index in [1.165, 1.54) is 43.5 Å². The largest absolute Gasteiger partial charge is 0.478 e. The van der Waals surface area contributed by atoms with Gasteiger partial charge in [-0.2, -0.15) is 0 Å². The van der Waals surface area contributed by atoms with Gasteiger partial charge in [0.05, 0.1) is 11.1 Å². The van der Waals surface area contributed by atoms with Crippen LogP contribution in [0.25, 0.3) is 0 Å². The lowest BCUT2D eigenvalue weighted by atomic mass is 10.1. The molecular weight excluding hydrogens is 260 g/mol. The first kappa shape index (κ1) is 18.1. The van der Waals surface area contributed by atoms with E-state index in [2.05, 4.69) is 0 Å². The molecule has 0 aliphatic heterocycles. The van der Waals surface area contributed by atoms with E-state index in [9.17, 15) is 9.59 Å². The number of carboxylic acid groups (broad SMARTS) is 2. The second-order valence-electron chi connectivity index (χ2n) is 4.03. The van der Waals surface area contributed by atoms with Gasteiger partial charge in [0.25, 0.3) is 0 Å². The Hall–Kier alpha value is -1.88. The number of carbonyl (C=O) groups is 2. The molecule has 1 saturated carbocycles. The smallest absolute Gasteiger partial charge is 0.335 e. The van der Waals surface area contributed by atoms with Crippen molar-refractivity contribution in [3.8, 4) is 0 Å². The summed E-state index contributed by atoms with van der Waals surface area (Å²) >= 11 is 0. The molecule has 1 aromatic carbocycles. The van der Waals surface area contributed by atoms with E-state index >= 15 is 0 Å². The van der Waals surface area contributed by atoms with Gasteiger partial charge in [-0.15, -0.1) is 0 Å². The molecule has 5 nitrogen and oxygen atoms in total. The van der Waals surface area contributed by atoms with Crippen LogP contribution in [0.5, 0.6) is 0 Å². The van der Waals surface area contributed by atoms with Gasteiger partial charge in [0, 0.05) is 13.2 Å². The molecule has 20 heavy (non-hydrogen) atoms. The number of hydrogen-bond donors (Lipinski definition) is 2. The summed E-state index contributed by atoms with van der Waals surface area (Å²) in [6.45, 7) is 5.67. The fraction of sp³-hybridized carbons (Fsp3) is 0.467. The Kier molecular flexibility index (Phi) is 9.96. The zero-order valence-corrected chi connectivity index (χ0v) is 12.0. The molecule has 1 fully saturated rings. The summed E-state index contributed by atoms with van der Waals surface area (Å²) in [4.78, 5) is 20.7. The Bertz CT molecular complexity index is 357. The fourth-order valence-corrected chi connectivity index (χ4v) is 0.960. The maximum Gasteiger partial charge on any atom is 0.335 e. The highest BCUT2D eigenvalue weighted by atomic mass is 16.5. The lowest BCUT2D eigenvalue weighted by molar-refractivity contribution is 0.0681. The van der Waals surface area contributed by atoms with Crippen molar-refractivity contribution in [2.75, 3.05) is 13.2 Å². The van der Waals surface area contributed by atoms with Crippen molar-refractivity contribution in [1.29, 1.82) is 0 Å². The van der Waals surface area contributed by atoms with Gasteiger partial charge in [0.1, 0.15) is 0 Å². The van der Waals surface area contributed by atoms with Crippen LogP contribution in [-0.4, -0.2) is 35.4 Å². The van der Waals surface area contributed by atoms with Crippen LogP contribution in [-0.2, 0) is 4.74 Å². The Morgan fingerprint density at radius 3 is 1.30 bits per heavy atom. The second kappa shape index (κ2) is 11.0. The molecule has 0 heterocycles. The van der Waals surface area contributed by atoms with Crippen molar-refractivity contribution >= 4 is 11.9 Å². The lowest BCUT2D eigenvalue weighted by Crippen LogP contribution is -1.99. The first-order valence-electron chi connectivity index (χ1n) is 6.67. The molecule has 0 spiro atoms. The maximum atomic E-state index is 10.3. The zero-order chi connectivity index (χ0) is 15.4. The average molecular weight is 282 g/mol. The van der Waals surface area contributed by atoms with Gasteiger partial charge in [-0.3, -0.25) is 0 Å². The van der Waals surface area contributed by atoms with E-state index in [1.807, 2.05) is 13.8 Å². The number of ether oxygens (including phenoxy) is 1. The number of carboxylic acids is 2. The average Bonchev–Trinajstić information content (AvgIpc) is 3.28. The SMILES string of the molecule is C1CC1.CCOCC.O=C(O)c1ccc(C(=O)O)cc1. The molecule has 0 radical (unpaired) electrons. The number of aromatic carboxylic acids is 2. The van der Waals surface area contributed by atoms with Crippen molar-refractivity contribution in [3.63, 3.8) is 0 Å². The number of hydrogen-bond acceptors (Lipinski definition) is 3. The Morgan fingerprint density at radius 1 is 0.900 bits per heavy atom. The van der Waals surface area contributed by atoms with Crippen LogP contribution in [0, 0.1) is 0 Å². The van der Waals surface area contributed by atoms with Gasteiger partial charge >= 0.3 is 11.9 Å². The Morgan fingerprint density at radius 2 is 1.20 bits per heavy atom. The highest BCUT2D eigenvalue weighted by molar-refractivity contribution is 5.91. The van der Waals surface area contributed by atoms with Crippen LogP contribution in [0.2, 0.25) is 0 Å². The van der Waals surface area contributed by atoms with E-state index in [4.69, 9.17) is 14.9 Å². The molecule has 5 heteroatoms. The minimum atomic E-state index is -1.06. The van der Waals surface area contributed by atoms with Crippen molar-refractivity contribution in [3.05, 3.63) is 35.4 Å². The van der Waals surface area contributed by atoms with Crippen LogP contribution in [0.1, 0.15) is 53.8 Å². The van der Waals surface area contributed by atoms with Gasteiger partial charge in [0.2, 0.25) is 0 Å². The molecule has 0 aromatic heterocycles. The van der Waals surface area contributed by atoms with Gasteiger partial charge < -0.3 is 14.9 Å².